The minimum atomic E-state index is -0.427. The van der Waals surface area contributed by atoms with Gasteiger partial charge in [0, 0.05) is 29.1 Å². The van der Waals surface area contributed by atoms with Crippen LogP contribution >= 0.6 is 0 Å². The summed E-state index contributed by atoms with van der Waals surface area (Å²) in [5.74, 6) is 0.526. The second-order valence-electron chi connectivity index (χ2n) is 5.06. The molecule has 116 valence electrons. The van der Waals surface area contributed by atoms with E-state index in [1.807, 2.05) is 0 Å². The summed E-state index contributed by atoms with van der Waals surface area (Å²) in [7, 11) is 0. The van der Waals surface area contributed by atoms with Crippen LogP contribution in [0, 0.1) is 17.0 Å². The second kappa shape index (κ2) is 5.92. The zero-order chi connectivity index (χ0) is 16.4. The van der Waals surface area contributed by atoms with Gasteiger partial charge >= 0.3 is 5.63 Å². The number of nitro groups is 1. The molecule has 0 atom stereocenters. The fourth-order valence-corrected chi connectivity index (χ4v) is 2.32. The summed E-state index contributed by atoms with van der Waals surface area (Å²) in [4.78, 5) is 21.8. The molecule has 0 saturated heterocycles. The van der Waals surface area contributed by atoms with E-state index in [-0.39, 0.29) is 12.3 Å². The quantitative estimate of drug-likeness (QED) is 0.418. The lowest BCUT2D eigenvalue weighted by molar-refractivity contribution is -0.385. The molecule has 3 aromatic rings. The molecule has 1 aromatic heterocycles. The lowest BCUT2D eigenvalue weighted by Crippen LogP contribution is -2.01. The topological polar surface area (TPSA) is 82.6 Å². The van der Waals surface area contributed by atoms with E-state index in [0.717, 1.165) is 10.9 Å². The highest BCUT2D eigenvalue weighted by molar-refractivity contribution is 5.77. The Morgan fingerprint density at radius 3 is 2.74 bits per heavy atom. The molecule has 0 fully saturated rings. The van der Waals surface area contributed by atoms with Gasteiger partial charge in [-0.25, -0.2) is 4.79 Å². The van der Waals surface area contributed by atoms with Gasteiger partial charge in [0.1, 0.15) is 17.9 Å². The fourth-order valence-electron chi connectivity index (χ4n) is 2.32. The third-order valence-electron chi connectivity index (χ3n) is 3.60. The molecule has 0 amide bonds. The first-order valence-corrected chi connectivity index (χ1v) is 6.94. The summed E-state index contributed by atoms with van der Waals surface area (Å²) < 4.78 is 10.8. The van der Waals surface area contributed by atoms with Crippen LogP contribution in [-0.2, 0) is 6.61 Å². The zero-order valence-corrected chi connectivity index (χ0v) is 12.3. The van der Waals surface area contributed by atoms with Gasteiger partial charge in [-0.1, -0.05) is 12.1 Å². The molecule has 0 aliphatic heterocycles. The van der Waals surface area contributed by atoms with Crippen LogP contribution in [0.1, 0.15) is 11.1 Å². The average Bonchev–Trinajstić information content (AvgIpc) is 2.53. The first-order chi connectivity index (χ1) is 11.0. The monoisotopic (exact) mass is 311 g/mol. The number of hydrogen-bond donors (Lipinski definition) is 0. The average molecular weight is 311 g/mol. The Kier molecular flexibility index (Phi) is 3.80. The van der Waals surface area contributed by atoms with Crippen molar-refractivity contribution in [1.29, 1.82) is 0 Å². The fraction of sp³-hybridized carbons (Fsp3) is 0.118. The molecule has 1 heterocycles. The number of hydrogen-bond acceptors (Lipinski definition) is 5. The summed E-state index contributed by atoms with van der Waals surface area (Å²) in [6.45, 7) is 1.88. The van der Waals surface area contributed by atoms with Crippen molar-refractivity contribution in [2.24, 2.45) is 0 Å². The van der Waals surface area contributed by atoms with Gasteiger partial charge < -0.3 is 9.15 Å². The van der Waals surface area contributed by atoms with Crippen LogP contribution in [0.2, 0.25) is 0 Å². The molecule has 0 saturated carbocycles. The van der Waals surface area contributed by atoms with Gasteiger partial charge in [-0.05, 0) is 30.7 Å². The van der Waals surface area contributed by atoms with Gasteiger partial charge in [0.25, 0.3) is 5.69 Å². The van der Waals surface area contributed by atoms with Crippen molar-refractivity contribution in [3.05, 3.63) is 80.2 Å². The molecule has 2 aromatic carbocycles. The van der Waals surface area contributed by atoms with E-state index in [0.29, 0.717) is 16.9 Å². The van der Waals surface area contributed by atoms with Crippen LogP contribution in [0.15, 0.2) is 57.7 Å². The Morgan fingerprint density at radius 1 is 1.17 bits per heavy atom. The summed E-state index contributed by atoms with van der Waals surface area (Å²) in [6, 6.07) is 13.1. The Bertz CT molecular complexity index is 945. The normalized spacial score (nSPS) is 10.7. The van der Waals surface area contributed by atoms with Crippen LogP contribution < -0.4 is 10.4 Å². The number of nitro benzene ring substituents is 1. The number of benzene rings is 2. The molecule has 0 aliphatic carbocycles. The lowest BCUT2D eigenvalue weighted by Gasteiger charge is -2.09. The Hall–Kier alpha value is -3.15. The van der Waals surface area contributed by atoms with E-state index in [1.165, 1.54) is 12.1 Å². The van der Waals surface area contributed by atoms with E-state index < -0.39 is 10.5 Å². The molecule has 0 bridgehead atoms. The van der Waals surface area contributed by atoms with Gasteiger partial charge in [0.05, 0.1) is 4.92 Å². The predicted octanol–water partition coefficient (Wildman–Crippen LogP) is 3.59. The van der Waals surface area contributed by atoms with Crippen LogP contribution in [0.25, 0.3) is 11.0 Å². The molecule has 6 heteroatoms. The van der Waals surface area contributed by atoms with Crippen molar-refractivity contribution in [2.45, 2.75) is 13.5 Å². The third kappa shape index (κ3) is 3.06. The van der Waals surface area contributed by atoms with Crippen LogP contribution in [0.3, 0.4) is 0 Å². The first kappa shape index (κ1) is 14.8. The van der Waals surface area contributed by atoms with E-state index in [4.69, 9.17) is 9.15 Å². The van der Waals surface area contributed by atoms with Crippen LogP contribution in [0.4, 0.5) is 5.69 Å². The summed E-state index contributed by atoms with van der Waals surface area (Å²) in [6.07, 6.45) is 0. The number of fused-ring (bicyclic) bond motifs is 1. The lowest BCUT2D eigenvalue weighted by atomic mass is 10.1. The van der Waals surface area contributed by atoms with Crippen molar-refractivity contribution in [2.75, 3.05) is 0 Å². The maximum Gasteiger partial charge on any atom is 0.336 e. The number of ether oxygens (including phenoxy) is 1. The summed E-state index contributed by atoms with van der Waals surface area (Å²) in [5.41, 5.74) is 1.38. The van der Waals surface area contributed by atoms with Crippen molar-refractivity contribution >= 4 is 16.7 Å². The van der Waals surface area contributed by atoms with Gasteiger partial charge in [-0.2, -0.15) is 0 Å². The van der Waals surface area contributed by atoms with E-state index in [1.54, 1.807) is 43.3 Å². The van der Waals surface area contributed by atoms with Gasteiger partial charge in [-0.3, -0.25) is 10.1 Å². The molecule has 0 N–H and O–H groups in total. The highest BCUT2D eigenvalue weighted by Gasteiger charge is 2.13. The van der Waals surface area contributed by atoms with Crippen LogP contribution in [0.5, 0.6) is 5.75 Å². The summed E-state index contributed by atoms with van der Waals surface area (Å²) in [5, 5.41) is 11.7. The van der Waals surface area contributed by atoms with Crippen molar-refractivity contribution < 1.29 is 14.1 Å². The van der Waals surface area contributed by atoms with Crippen molar-refractivity contribution in [3.8, 4) is 5.75 Å². The highest BCUT2D eigenvalue weighted by atomic mass is 16.6. The number of rotatable bonds is 4. The second-order valence-corrected chi connectivity index (χ2v) is 5.06. The SMILES string of the molecule is Cc1c(COc2ccc3ccc(=O)oc3c2)cccc1[N+](=O)[O-]. The molecule has 0 unspecified atom stereocenters. The molecule has 3 rings (SSSR count). The van der Waals surface area contributed by atoms with Gasteiger partial charge in [0.2, 0.25) is 0 Å². The van der Waals surface area contributed by atoms with Crippen molar-refractivity contribution in [3.63, 3.8) is 0 Å². The minimum Gasteiger partial charge on any atom is -0.489 e. The molecule has 23 heavy (non-hydrogen) atoms. The van der Waals surface area contributed by atoms with Gasteiger partial charge in [0.15, 0.2) is 0 Å². The molecular formula is C17H13NO5. The van der Waals surface area contributed by atoms with E-state index >= 15 is 0 Å². The Morgan fingerprint density at radius 2 is 1.96 bits per heavy atom. The standard InChI is InChI=1S/C17H13NO5/c1-11-13(3-2-4-15(11)18(20)21)10-22-14-7-5-12-6-8-17(19)23-16(12)9-14/h2-9H,10H2,1H3. The molecule has 0 aliphatic rings. The Labute approximate surface area is 131 Å². The van der Waals surface area contributed by atoms with Crippen molar-refractivity contribution in [1.82, 2.24) is 0 Å². The zero-order valence-electron chi connectivity index (χ0n) is 12.3. The Balaban J connectivity index is 1.85. The number of nitrogens with zero attached hydrogens (tertiary/aromatic N) is 1. The first-order valence-electron chi connectivity index (χ1n) is 6.94. The molecule has 0 spiro atoms. The minimum absolute atomic E-state index is 0.0654. The maximum atomic E-state index is 11.2. The van der Waals surface area contributed by atoms with E-state index in [2.05, 4.69) is 0 Å². The predicted molar refractivity (Wildman–Crippen MR) is 84.6 cm³/mol. The molecular weight excluding hydrogens is 298 g/mol. The van der Waals surface area contributed by atoms with E-state index in [9.17, 15) is 14.9 Å². The maximum absolute atomic E-state index is 11.2. The van der Waals surface area contributed by atoms with Crippen LogP contribution in [-0.4, -0.2) is 4.92 Å². The summed E-state index contributed by atoms with van der Waals surface area (Å²) >= 11 is 0. The largest absolute Gasteiger partial charge is 0.489 e. The molecule has 0 radical (unpaired) electrons. The highest BCUT2D eigenvalue weighted by Crippen LogP contribution is 2.24. The molecule has 6 nitrogen and oxygen atoms in total. The van der Waals surface area contributed by atoms with Gasteiger partial charge in [-0.15, -0.1) is 0 Å². The smallest absolute Gasteiger partial charge is 0.336 e. The third-order valence-corrected chi connectivity index (χ3v) is 3.60.